The first kappa shape index (κ1) is 47.5. The second-order valence-electron chi connectivity index (χ2n) is 12.3. The van der Waals surface area contributed by atoms with Gasteiger partial charge >= 0.3 is 36.1 Å². The fourth-order valence-electron chi connectivity index (χ4n) is 3.66. The highest BCUT2D eigenvalue weighted by molar-refractivity contribution is 7.98. The van der Waals surface area contributed by atoms with Crippen LogP contribution in [0.2, 0.25) is 0 Å². The first-order chi connectivity index (χ1) is 25.9. The largest absolute Gasteiger partial charge is 0.461 e. The zero-order valence-corrected chi connectivity index (χ0v) is 33.5. The average molecular weight is 801 g/mol. The number of thioether (sulfide) groups is 2. The number of hydrogen-bond acceptors (Lipinski definition) is 14. The standard InChI is InChI=1S/C21H27NO6S.C18H21NO6S/c1-14(2)18(23)26-11-21(5,12-27-19(24)15(3)4)13-28-20(25)22-16-8-7-9-17(10-16)29-6;1-5-15(20)23-11-18(3,12-24-16(21)6-2)19-17(22)25-13-7-9-14(26-4)10-8-13/h7-10H,1,3,11-13H2,2,4-6H3,(H,22,25);5-10H,1-2,11-12H2,3-4H3,(H,19,22). The summed E-state index contributed by atoms with van der Waals surface area (Å²) < 4.78 is 30.7. The van der Waals surface area contributed by atoms with Gasteiger partial charge in [0.1, 0.15) is 44.3 Å². The average Bonchev–Trinajstić information content (AvgIpc) is 3.16. The lowest BCUT2D eigenvalue weighted by molar-refractivity contribution is -0.150. The van der Waals surface area contributed by atoms with E-state index in [0.29, 0.717) is 11.4 Å². The Hall–Kier alpha value is -5.48. The fourth-order valence-corrected chi connectivity index (χ4v) is 4.53. The number of hydrogen-bond donors (Lipinski definition) is 2. The maximum absolute atomic E-state index is 12.2. The molecule has 16 heteroatoms. The van der Waals surface area contributed by atoms with Gasteiger partial charge in [0.25, 0.3) is 0 Å². The highest BCUT2D eigenvalue weighted by Gasteiger charge is 2.32. The Morgan fingerprint density at radius 3 is 1.62 bits per heavy atom. The summed E-state index contributed by atoms with van der Waals surface area (Å²) in [7, 11) is 0. The number of ether oxygens (including phenoxy) is 6. The van der Waals surface area contributed by atoms with Crippen molar-refractivity contribution in [3.8, 4) is 5.75 Å². The lowest BCUT2D eigenvalue weighted by Gasteiger charge is -2.28. The third kappa shape index (κ3) is 19.4. The second kappa shape index (κ2) is 24.0. The van der Waals surface area contributed by atoms with Crippen molar-refractivity contribution >= 4 is 65.3 Å². The van der Waals surface area contributed by atoms with Gasteiger partial charge in [-0.1, -0.05) is 32.4 Å². The molecule has 0 bridgehead atoms. The number of rotatable bonds is 19. The Balaban J connectivity index is 0.000000553. The Kier molecular flexibility index (Phi) is 20.8. The smallest absolute Gasteiger partial charge is 0.413 e. The third-order valence-electron chi connectivity index (χ3n) is 6.74. The van der Waals surface area contributed by atoms with Crippen LogP contribution in [-0.4, -0.2) is 87.1 Å². The second-order valence-corrected chi connectivity index (χ2v) is 14.1. The van der Waals surface area contributed by atoms with E-state index in [1.807, 2.05) is 42.8 Å². The van der Waals surface area contributed by atoms with Crippen molar-refractivity contribution in [2.75, 3.05) is 50.9 Å². The van der Waals surface area contributed by atoms with Crippen LogP contribution < -0.4 is 15.4 Å². The molecule has 0 aliphatic carbocycles. The maximum Gasteiger partial charge on any atom is 0.413 e. The van der Waals surface area contributed by atoms with Gasteiger partial charge in [-0.15, -0.1) is 23.5 Å². The van der Waals surface area contributed by atoms with Crippen LogP contribution in [0, 0.1) is 5.41 Å². The van der Waals surface area contributed by atoms with Gasteiger partial charge in [-0.25, -0.2) is 28.8 Å². The predicted octanol–water partition coefficient (Wildman–Crippen LogP) is 6.92. The van der Waals surface area contributed by atoms with E-state index in [4.69, 9.17) is 28.4 Å². The van der Waals surface area contributed by atoms with Gasteiger partial charge in [0.2, 0.25) is 0 Å². The SMILES string of the molecule is C=C(C)C(=O)OCC(C)(COC(=O)Nc1cccc(SC)c1)COC(=O)C(=C)C.C=CC(=O)OCC(C)(COC(=O)C=C)NC(=O)Oc1ccc(SC)cc1. The topological polar surface area (TPSA) is 182 Å². The van der Waals surface area contributed by atoms with Crippen LogP contribution in [0.25, 0.3) is 0 Å². The first-order valence-corrected chi connectivity index (χ1v) is 18.8. The van der Waals surface area contributed by atoms with Crippen LogP contribution in [0.3, 0.4) is 0 Å². The minimum atomic E-state index is -1.20. The number of nitrogens with one attached hydrogen (secondary N) is 2. The molecule has 0 spiro atoms. The minimum Gasteiger partial charge on any atom is -0.461 e. The van der Waals surface area contributed by atoms with E-state index >= 15 is 0 Å². The van der Waals surface area contributed by atoms with Crippen molar-refractivity contribution in [2.45, 2.75) is 43.0 Å². The fraction of sp³-hybridized carbons (Fsp3) is 0.333. The summed E-state index contributed by atoms with van der Waals surface area (Å²) >= 11 is 3.11. The molecular weight excluding hydrogens is 753 g/mol. The van der Waals surface area contributed by atoms with Gasteiger partial charge in [0.05, 0.1) is 5.41 Å². The summed E-state index contributed by atoms with van der Waals surface area (Å²) in [6, 6.07) is 14.2. The Morgan fingerprint density at radius 1 is 0.673 bits per heavy atom. The summed E-state index contributed by atoms with van der Waals surface area (Å²) in [5.41, 5.74) is -1.09. The molecule has 0 saturated carbocycles. The molecule has 0 aliphatic heterocycles. The van der Waals surface area contributed by atoms with Crippen LogP contribution >= 0.6 is 23.5 Å². The van der Waals surface area contributed by atoms with Crippen LogP contribution in [0.5, 0.6) is 5.75 Å². The van der Waals surface area contributed by atoms with Gasteiger partial charge in [-0.3, -0.25) is 5.32 Å². The van der Waals surface area contributed by atoms with Crippen molar-refractivity contribution in [1.82, 2.24) is 5.32 Å². The number of benzene rings is 2. The quantitative estimate of drug-likeness (QED) is 0.0647. The van der Waals surface area contributed by atoms with E-state index in [-0.39, 0.29) is 44.2 Å². The molecule has 0 unspecified atom stereocenters. The zero-order chi connectivity index (χ0) is 41.6. The summed E-state index contributed by atoms with van der Waals surface area (Å²) in [5, 5.41) is 5.18. The summed E-state index contributed by atoms with van der Waals surface area (Å²) in [6.07, 6.45) is 4.38. The van der Waals surface area contributed by atoms with Crippen molar-refractivity contribution < 1.29 is 57.2 Å². The minimum absolute atomic E-state index is 0.128. The molecule has 2 aromatic carbocycles. The molecule has 0 aromatic heterocycles. The van der Waals surface area contributed by atoms with Crippen molar-refractivity contribution in [1.29, 1.82) is 0 Å². The van der Waals surface area contributed by atoms with Gasteiger partial charge in [0.15, 0.2) is 0 Å². The van der Waals surface area contributed by atoms with Crippen LogP contribution in [-0.2, 0) is 42.9 Å². The van der Waals surface area contributed by atoms with E-state index in [0.717, 1.165) is 21.9 Å². The molecule has 0 radical (unpaired) electrons. The summed E-state index contributed by atoms with van der Waals surface area (Å²) in [6.45, 7) is 19.0. The predicted molar refractivity (Wildman–Crippen MR) is 211 cm³/mol. The van der Waals surface area contributed by atoms with Gasteiger partial charge in [-0.2, -0.15) is 0 Å². The number of carbonyl (C=O) groups is 6. The van der Waals surface area contributed by atoms with Crippen LogP contribution in [0.15, 0.2) is 108 Å². The Labute approximate surface area is 330 Å². The molecule has 2 N–H and O–H groups in total. The molecule has 2 amide bonds. The van der Waals surface area contributed by atoms with Crippen LogP contribution in [0.1, 0.15) is 27.7 Å². The number of amides is 2. The van der Waals surface area contributed by atoms with Crippen molar-refractivity contribution in [3.63, 3.8) is 0 Å². The number of anilines is 1. The molecule has 298 valence electrons. The lowest BCUT2D eigenvalue weighted by Crippen LogP contribution is -2.54. The Morgan fingerprint density at radius 2 is 1.16 bits per heavy atom. The number of carbonyl (C=O) groups excluding carboxylic acids is 6. The van der Waals surface area contributed by atoms with Gasteiger partial charge in [0, 0.05) is 38.8 Å². The molecule has 0 aliphatic rings. The zero-order valence-electron chi connectivity index (χ0n) is 31.9. The molecule has 2 rings (SSSR count). The molecule has 55 heavy (non-hydrogen) atoms. The van der Waals surface area contributed by atoms with E-state index in [1.165, 1.54) is 20.8 Å². The molecule has 0 saturated heterocycles. The lowest BCUT2D eigenvalue weighted by atomic mass is 9.94. The van der Waals surface area contributed by atoms with Crippen molar-refractivity contribution in [2.24, 2.45) is 5.41 Å². The molecule has 0 atom stereocenters. The van der Waals surface area contributed by atoms with E-state index in [1.54, 1.807) is 48.6 Å². The highest BCUT2D eigenvalue weighted by Crippen LogP contribution is 2.22. The van der Waals surface area contributed by atoms with E-state index in [2.05, 4.69) is 36.9 Å². The maximum atomic E-state index is 12.2. The first-order valence-electron chi connectivity index (χ1n) is 16.3. The molecule has 0 fully saturated rings. The van der Waals surface area contributed by atoms with E-state index in [9.17, 15) is 28.8 Å². The third-order valence-corrected chi connectivity index (χ3v) is 8.21. The Bertz CT molecular complexity index is 1650. The van der Waals surface area contributed by atoms with Crippen molar-refractivity contribution in [3.05, 3.63) is 98.1 Å². The number of esters is 4. The molecule has 0 heterocycles. The van der Waals surface area contributed by atoms with E-state index < -0.39 is 47.0 Å². The molecule has 2 aromatic rings. The van der Waals surface area contributed by atoms with Gasteiger partial charge in [-0.05, 0) is 82.7 Å². The normalized spacial score (nSPS) is 10.5. The highest BCUT2D eigenvalue weighted by atomic mass is 32.2. The molecule has 14 nitrogen and oxygen atoms in total. The van der Waals surface area contributed by atoms with Crippen LogP contribution in [0.4, 0.5) is 15.3 Å². The van der Waals surface area contributed by atoms with Gasteiger partial charge < -0.3 is 33.7 Å². The molecular formula is C39H48N2O12S2. The monoisotopic (exact) mass is 800 g/mol. The summed E-state index contributed by atoms with van der Waals surface area (Å²) in [5.74, 6) is -2.17. The summed E-state index contributed by atoms with van der Waals surface area (Å²) in [4.78, 5) is 72.3.